The summed E-state index contributed by atoms with van der Waals surface area (Å²) in [5.41, 5.74) is 1.88. The van der Waals surface area contributed by atoms with Crippen molar-refractivity contribution in [1.29, 1.82) is 0 Å². The first-order valence-corrected chi connectivity index (χ1v) is 8.49. The van der Waals surface area contributed by atoms with E-state index in [1.54, 1.807) is 11.1 Å². The van der Waals surface area contributed by atoms with E-state index in [1.165, 1.54) is 6.92 Å². The van der Waals surface area contributed by atoms with Gasteiger partial charge in [-0.25, -0.2) is 4.79 Å². The van der Waals surface area contributed by atoms with Crippen LogP contribution in [0.25, 0.3) is 0 Å². The van der Waals surface area contributed by atoms with E-state index >= 15 is 0 Å². The molecule has 7 heteroatoms. The van der Waals surface area contributed by atoms with Gasteiger partial charge in [-0.1, -0.05) is 12.1 Å². The third kappa shape index (κ3) is 4.82. The number of anilines is 1. The van der Waals surface area contributed by atoms with E-state index in [9.17, 15) is 9.59 Å². The number of urea groups is 1. The van der Waals surface area contributed by atoms with E-state index in [0.717, 1.165) is 24.1 Å². The fraction of sp³-hybridized carbons (Fsp3) is 0.389. The summed E-state index contributed by atoms with van der Waals surface area (Å²) in [5.74, 6) is -0.0555. The maximum absolute atomic E-state index is 12.4. The second-order valence-corrected chi connectivity index (χ2v) is 6.32. The summed E-state index contributed by atoms with van der Waals surface area (Å²) in [6.45, 7) is 3.46. The third-order valence-electron chi connectivity index (χ3n) is 4.22. The van der Waals surface area contributed by atoms with Crippen LogP contribution < -0.4 is 10.6 Å². The lowest BCUT2D eigenvalue weighted by Crippen LogP contribution is -2.50. The Labute approximate surface area is 147 Å². The molecule has 2 aromatic rings. The number of piperidine rings is 1. The molecule has 1 aliphatic heterocycles. The second kappa shape index (κ2) is 7.83. The molecular formula is C18H23N5O2. The van der Waals surface area contributed by atoms with E-state index in [4.69, 9.17) is 0 Å². The molecule has 25 heavy (non-hydrogen) atoms. The second-order valence-electron chi connectivity index (χ2n) is 6.32. The minimum absolute atomic E-state index is 0.0356. The normalized spacial score (nSPS) is 17.2. The van der Waals surface area contributed by atoms with Gasteiger partial charge in [-0.2, -0.15) is 5.10 Å². The van der Waals surface area contributed by atoms with Gasteiger partial charge in [-0.15, -0.1) is 0 Å². The van der Waals surface area contributed by atoms with Crippen LogP contribution in [0.3, 0.4) is 0 Å². The maximum atomic E-state index is 12.4. The van der Waals surface area contributed by atoms with Gasteiger partial charge in [0.05, 0.1) is 6.54 Å². The maximum Gasteiger partial charge on any atom is 0.321 e. The molecule has 7 nitrogen and oxygen atoms in total. The highest BCUT2D eigenvalue weighted by molar-refractivity contribution is 5.89. The predicted octanol–water partition coefficient (Wildman–Crippen LogP) is 2.06. The molecule has 1 saturated heterocycles. The van der Waals surface area contributed by atoms with Gasteiger partial charge in [-0.05, 0) is 36.6 Å². The zero-order chi connectivity index (χ0) is 17.6. The van der Waals surface area contributed by atoms with Gasteiger partial charge < -0.3 is 15.5 Å². The number of likely N-dealkylation sites (tertiary alicyclic amines) is 1. The Morgan fingerprint density at radius 3 is 2.76 bits per heavy atom. The van der Waals surface area contributed by atoms with Crippen molar-refractivity contribution in [3.63, 3.8) is 0 Å². The van der Waals surface area contributed by atoms with Gasteiger partial charge in [0.15, 0.2) is 0 Å². The number of aromatic nitrogens is 2. The first kappa shape index (κ1) is 17.0. The molecule has 2 heterocycles. The number of nitrogens with one attached hydrogen (secondary N) is 2. The number of benzene rings is 1. The lowest BCUT2D eigenvalue weighted by atomic mass is 10.1. The van der Waals surface area contributed by atoms with Crippen molar-refractivity contribution in [1.82, 2.24) is 20.0 Å². The molecule has 1 unspecified atom stereocenters. The molecular weight excluding hydrogens is 318 g/mol. The zero-order valence-electron chi connectivity index (χ0n) is 14.3. The Kier molecular flexibility index (Phi) is 5.33. The number of hydrogen-bond donors (Lipinski definition) is 2. The number of amides is 3. The summed E-state index contributed by atoms with van der Waals surface area (Å²) in [4.78, 5) is 25.4. The van der Waals surface area contributed by atoms with E-state index in [0.29, 0.717) is 19.6 Å². The third-order valence-corrected chi connectivity index (χ3v) is 4.22. The summed E-state index contributed by atoms with van der Waals surface area (Å²) in [6.07, 6.45) is 5.46. The van der Waals surface area contributed by atoms with Crippen LogP contribution in [-0.4, -0.2) is 45.8 Å². The van der Waals surface area contributed by atoms with E-state index in [2.05, 4.69) is 15.7 Å². The number of hydrogen-bond acceptors (Lipinski definition) is 3. The number of carbonyl (C=O) groups excluding carboxylic acids is 2. The quantitative estimate of drug-likeness (QED) is 0.893. The van der Waals surface area contributed by atoms with Crippen molar-refractivity contribution >= 4 is 17.6 Å². The van der Waals surface area contributed by atoms with Gasteiger partial charge >= 0.3 is 6.03 Å². The Morgan fingerprint density at radius 2 is 2.08 bits per heavy atom. The molecule has 1 aliphatic rings. The molecule has 132 valence electrons. The Bertz CT molecular complexity index is 712. The molecule has 0 radical (unpaired) electrons. The average molecular weight is 341 g/mol. The lowest BCUT2D eigenvalue weighted by molar-refractivity contribution is -0.119. The number of nitrogens with zero attached hydrogens (tertiary/aromatic N) is 3. The summed E-state index contributed by atoms with van der Waals surface area (Å²) >= 11 is 0. The minimum atomic E-state index is -0.130. The van der Waals surface area contributed by atoms with Crippen LogP contribution in [0.2, 0.25) is 0 Å². The zero-order valence-corrected chi connectivity index (χ0v) is 14.3. The van der Waals surface area contributed by atoms with Crippen LogP contribution in [-0.2, 0) is 11.3 Å². The van der Waals surface area contributed by atoms with E-state index < -0.39 is 0 Å². The van der Waals surface area contributed by atoms with Crippen molar-refractivity contribution in [2.45, 2.75) is 32.4 Å². The van der Waals surface area contributed by atoms with Gasteiger partial charge in [0, 0.05) is 44.1 Å². The van der Waals surface area contributed by atoms with Crippen LogP contribution in [0.1, 0.15) is 25.3 Å². The smallest absolute Gasteiger partial charge is 0.321 e. The first-order valence-electron chi connectivity index (χ1n) is 8.49. The van der Waals surface area contributed by atoms with Crippen LogP contribution in [0, 0.1) is 0 Å². The van der Waals surface area contributed by atoms with Crippen LogP contribution in [0.4, 0.5) is 10.5 Å². The fourth-order valence-corrected chi connectivity index (χ4v) is 3.04. The summed E-state index contributed by atoms with van der Waals surface area (Å²) in [7, 11) is 0. The SMILES string of the molecule is CC(=O)NC1CCCN(C(=O)Nc2ccc(Cn3cccn3)cc2)C1. The standard InChI is InChI=1S/C18H23N5O2/c1-14(24)20-17-4-2-10-22(13-17)18(25)21-16-7-5-15(6-8-16)12-23-11-3-9-19-23/h3,5-9,11,17H,2,4,10,12-13H2,1H3,(H,20,24)(H,21,25). The average Bonchev–Trinajstić information content (AvgIpc) is 3.09. The largest absolute Gasteiger partial charge is 0.352 e. The van der Waals surface area contributed by atoms with Crippen LogP contribution >= 0.6 is 0 Å². The van der Waals surface area contributed by atoms with Crippen LogP contribution in [0.15, 0.2) is 42.7 Å². The Hall–Kier alpha value is -2.83. The molecule has 3 rings (SSSR count). The molecule has 0 aliphatic carbocycles. The summed E-state index contributed by atoms with van der Waals surface area (Å²) in [5, 5.41) is 9.99. The molecule has 1 aromatic heterocycles. The fourth-order valence-electron chi connectivity index (χ4n) is 3.04. The van der Waals surface area contributed by atoms with Crippen LogP contribution in [0.5, 0.6) is 0 Å². The molecule has 0 bridgehead atoms. The van der Waals surface area contributed by atoms with Gasteiger partial charge in [0.2, 0.25) is 5.91 Å². The van der Waals surface area contributed by atoms with Crippen molar-refractivity contribution < 1.29 is 9.59 Å². The van der Waals surface area contributed by atoms with Crippen molar-refractivity contribution in [3.8, 4) is 0 Å². The summed E-state index contributed by atoms with van der Waals surface area (Å²) < 4.78 is 1.85. The topological polar surface area (TPSA) is 79.3 Å². The molecule has 1 aromatic carbocycles. The predicted molar refractivity (Wildman–Crippen MR) is 95.2 cm³/mol. The number of carbonyl (C=O) groups is 2. The summed E-state index contributed by atoms with van der Waals surface area (Å²) in [6, 6.07) is 9.55. The highest BCUT2D eigenvalue weighted by Crippen LogP contribution is 2.14. The molecule has 1 atom stereocenters. The van der Waals surface area contributed by atoms with Gasteiger partial charge in [0.1, 0.15) is 0 Å². The minimum Gasteiger partial charge on any atom is -0.352 e. The molecule has 0 spiro atoms. The van der Waals surface area contributed by atoms with E-state index in [1.807, 2.05) is 41.2 Å². The van der Waals surface area contributed by atoms with Gasteiger partial charge in [-0.3, -0.25) is 9.48 Å². The van der Waals surface area contributed by atoms with Crippen molar-refractivity contribution in [3.05, 3.63) is 48.3 Å². The number of rotatable bonds is 4. The lowest BCUT2D eigenvalue weighted by Gasteiger charge is -2.33. The molecule has 2 N–H and O–H groups in total. The van der Waals surface area contributed by atoms with E-state index in [-0.39, 0.29) is 18.0 Å². The molecule has 3 amide bonds. The Morgan fingerprint density at radius 1 is 1.28 bits per heavy atom. The first-order chi connectivity index (χ1) is 12.1. The monoisotopic (exact) mass is 341 g/mol. The molecule has 0 saturated carbocycles. The highest BCUT2D eigenvalue weighted by atomic mass is 16.2. The van der Waals surface area contributed by atoms with Gasteiger partial charge in [0.25, 0.3) is 0 Å². The van der Waals surface area contributed by atoms with Crippen molar-refractivity contribution in [2.24, 2.45) is 0 Å². The van der Waals surface area contributed by atoms with Crippen molar-refractivity contribution in [2.75, 3.05) is 18.4 Å². The Balaban J connectivity index is 1.54. The highest BCUT2D eigenvalue weighted by Gasteiger charge is 2.24. The molecule has 1 fully saturated rings.